The Balaban J connectivity index is 2.02. The van der Waals surface area contributed by atoms with Gasteiger partial charge in [-0.25, -0.2) is 4.98 Å². The van der Waals surface area contributed by atoms with Gasteiger partial charge in [-0.2, -0.15) is 9.97 Å². The van der Waals surface area contributed by atoms with Crippen LogP contribution in [0.5, 0.6) is 11.6 Å². The fourth-order valence-corrected chi connectivity index (χ4v) is 1.67. The second-order valence-electron chi connectivity index (χ2n) is 3.84. The Morgan fingerprint density at radius 1 is 1.35 bits per heavy atom. The predicted octanol–water partition coefficient (Wildman–Crippen LogP) is 1.64. The molecular weight excluding hydrogens is 264 g/mol. The Morgan fingerprint density at radius 3 is 3.00 bits per heavy atom. The van der Waals surface area contributed by atoms with Crippen LogP contribution in [0.2, 0.25) is 0 Å². The van der Waals surface area contributed by atoms with Gasteiger partial charge in [0.2, 0.25) is 5.95 Å². The highest BCUT2D eigenvalue weighted by Crippen LogP contribution is 2.27. The van der Waals surface area contributed by atoms with Crippen LogP contribution >= 0.6 is 0 Å². The minimum atomic E-state index is -0.507. The topological polar surface area (TPSA) is 133 Å². The zero-order chi connectivity index (χ0) is 14.1. The molecule has 20 heavy (non-hydrogen) atoms. The highest BCUT2D eigenvalue weighted by molar-refractivity contribution is 5.77. The average Bonchev–Trinajstić information content (AvgIpc) is 2.87. The zero-order valence-electron chi connectivity index (χ0n) is 9.98. The summed E-state index contributed by atoms with van der Waals surface area (Å²) >= 11 is 0. The minimum absolute atomic E-state index is 0.00466. The number of aromatic amines is 1. The minimum Gasteiger partial charge on any atom is -0.437 e. The van der Waals surface area contributed by atoms with E-state index in [0.717, 1.165) is 0 Å². The van der Waals surface area contributed by atoms with Gasteiger partial charge in [-0.3, -0.25) is 10.1 Å². The number of hydrogen-bond acceptors (Lipinski definition) is 7. The molecular formula is C11H8N6O3. The zero-order valence-corrected chi connectivity index (χ0v) is 9.98. The van der Waals surface area contributed by atoms with E-state index < -0.39 is 4.92 Å². The molecule has 9 heteroatoms. The molecule has 3 rings (SSSR count). The smallest absolute Gasteiger partial charge is 0.273 e. The van der Waals surface area contributed by atoms with Gasteiger partial charge in [0.15, 0.2) is 5.65 Å². The first kappa shape index (κ1) is 11.8. The molecule has 0 bridgehead atoms. The summed E-state index contributed by atoms with van der Waals surface area (Å²) in [4.78, 5) is 24.9. The van der Waals surface area contributed by atoms with Crippen LogP contribution in [0.3, 0.4) is 0 Å². The number of H-pyrrole nitrogens is 1. The maximum absolute atomic E-state index is 10.7. The van der Waals surface area contributed by atoms with Crippen molar-refractivity contribution in [3.05, 3.63) is 40.7 Å². The van der Waals surface area contributed by atoms with E-state index in [4.69, 9.17) is 10.5 Å². The van der Waals surface area contributed by atoms with Gasteiger partial charge in [0.25, 0.3) is 11.6 Å². The molecule has 100 valence electrons. The number of nitrogens with one attached hydrogen (secondary N) is 1. The van der Waals surface area contributed by atoms with E-state index >= 15 is 0 Å². The van der Waals surface area contributed by atoms with Crippen molar-refractivity contribution >= 4 is 22.8 Å². The number of ether oxygens (including phenoxy) is 1. The molecule has 3 N–H and O–H groups in total. The maximum Gasteiger partial charge on any atom is 0.273 e. The number of fused-ring (bicyclic) bond motifs is 1. The molecule has 0 spiro atoms. The van der Waals surface area contributed by atoms with E-state index in [-0.39, 0.29) is 23.3 Å². The van der Waals surface area contributed by atoms with E-state index in [0.29, 0.717) is 11.2 Å². The number of non-ortho nitro benzene ring substituents is 1. The second kappa shape index (κ2) is 4.46. The van der Waals surface area contributed by atoms with Crippen molar-refractivity contribution in [3.63, 3.8) is 0 Å². The summed E-state index contributed by atoms with van der Waals surface area (Å²) in [6.45, 7) is 0. The quantitative estimate of drug-likeness (QED) is 0.546. The summed E-state index contributed by atoms with van der Waals surface area (Å²) in [5.74, 6) is 0.434. The Bertz CT molecular complexity index is 800. The third-order valence-corrected chi connectivity index (χ3v) is 2.51. The molecule has 0 aliphatic heterocycles. The predicted molar refractivity (Wildman–Crippen MR) is 69.3 cm³/mol. The molecule has 0 radical (unpaired) electrons. The molecule has 0 saturated carbocycles. The summed E-state index contributed by atoms with van der Waals surface area (Å²) in [6, 6.07) is 5.75. The first-order valence-electron chi connectivity index (χ1n) is 5.52. The molecule has 2 heterocycles. The molecule has 0 saturated heterocycles. The van der Waals surface area contributed by atoms with Crippen molar-refractivity contribution in [1.82, 2.24) is 19.9 Å². The number of rotatable bonds is 3. The number of nitrogens with two attached hydrogens (primary N) is 1. The monoisotopic (exact) mass is 272 g/mol. The first-order valence-corrected chi connectivity index (χ1v) is 5.52. The van der Waals surface area contributed by atoms with Crippen LogP contribution < -0.4 is 10.5 Å². The molecule has 1 aromatic carbocycles. The molecule has 0 aliphatic rings. The van der Waals surface area contributed by atoms with Crippen molar-refractivity contribution in [3.8, 4) is 11.6 Å². The molecule has 0 unspecified atom stereocenters. The van der Waals surface area contributed by atoms with E-state index in [1.807, 2.05) is 0 Å². The number of nitrogen functional groups attached to an aromatic ring is 1. The van der Waals surface area contributed by atoms with E-state index in [9.17, 15) is 10.1 Å². The third-order valence-electron chi connectivity index (χ3n) is 2.51. The van der Waals surface area contributed by atoms with Crippen molar-refractivity contribution in [1.29, 1.82) is 0 Å². The number of hydrogen-bond donors (Lipinski definition) is 2. The van der Waals surface area contributed by atoms with Crippen LogP contribution in [-0.4, -0.2) is 24.9 Å². The molecule has 0 atom stereocenters. The lowest BCUT2D eigenvalue weighted by atomic mass is 10.3. The molecule has 0 amide bonds. The number of imidazole rings is 1. The van der Waals surface area contributed by atoms with Crippen LogP contribution in [0.25, 0.3) is 11.2 Å². The lowest BCUT2D eigenvalue weighted by Gasteiger charge is -2.05. The Kier molecular flexibility index (Phi) is 2.64. The van der Waals surface area contributed by atoms with E-state index in [1.54, 1.807) is 6.07 Å². The number of nitro groups is 1. The Morgan fingerprint density at radius 2 is 2.20 bits per heavy atom. The molecule has 3 aromatic rings. The fourth-order valence-electron chi connectivity index (χ4n) is 1.67. The molecule has 9 nitrogen and oxygen atoms in total. The van der Waals surface area contributed by atoms with E-state index in [1.165, 1.54) is 24.5 Å². The van der Waals surface area contributed by atoms with Gasteiger partial charge in [-0.15, -0.1) is 0 Å². The van der Waals surface area contributed by atoms with Gasteiger partial charge in [-0.1, -0.05) is 6.07 Å². The van der Waals surface area contributed by atoms with Crippen LogP contribution in [0, 0.1) is 10.1 Å². The number of aromatic nitrogens is 4. The lowest BCUT2D eigenvalue weighted by molar-refractivity contribution is -0.384. The highest BCUT2D eigenvalue weighted by atomic mass is 16.6. The second-order valence-corrected chi connectivity index (χ2v) is 3.84. The maximum atomic E-state index is 10.7. The van der Waals surface area contributed by atoms with Gasteiger partial charge >= 0.3 is 0 Å². The van der Waals surface area contributed by atoms with Gasteiger partial charge in [0.05, 0.1) is 17.3 Å². The molecule has 0 fully saturated rings. The van der Waals surface area contributed by atoms with Crippen molar-refractivity contribution in [2.24, 2.45) is 0 Å². The fraction of sp³-hybridized carbons (Fsp3) is 0. The van der Waals surface area contributed by atoms with Crippen LogP contribution in [0.4, 0.5) is 11.6 Å². The highest BCUT2D eigenvalue weighted by Gasteiger charge is 2.12. The molecule has 2 aromatic heterocycles. The number of anilines is 1. The number of nitro benzene ring substituents is 1. The SMILES string of the molecule is Nc1nc(Oc2cccc([N+](=O)[O-])c2)c2[nH]cnc2n1. The molecule has 0 aliphatic carbocycles. The number of benzene rings is 1. The van der Waals surface area contributed by atoms with Crippen LogP contribution in [-0.2, 0) is 0 Å². The summed E-state index contributed by atoms with van der Waals surface area (Å²) < 4.78 is 5.51. The van der Waals surface area contributed by atoms with Gasteiger partial charge in [-0.05, 0) is 6.07 Å². The Labute approximate surface area is 111 Å². The van der Waals surface area contributed by atoms with Gasteiger partial charge < -0.3 is 15.5 Å². The van der Waals surface area contributed by atoms with Crippen molar-refractivity contribution in [2.75, 3.05) is 5.73 Å². The lowest BCUT2D eigenvalue weighted by Crippen LogP contribution is -1.98. The normalized spacial score (nSPS) is 10.6. The first-order chi connectivity index (χ1) is 9.63. The van der Waals surface area contributed by atoms with Crippen molar-refractivity contribution in [2.45, 2.75) is 0 Å². The summed E-state index contributed by atoms with van der Waals surface area (Å²) in [5, 5.41) is 10.7. The van der Waals surface area contributed by atoms with Crippen LogP contribution in [0.15, 0.2) is 30.6 Å². The Hall–Kier alpha value is -3.23. The average molecular weight is 272 g/mol. The standard InChI is InChI=1S/C11H8N6O3/c12-11-15-9-8(13-5-14-9)10(16-11)20-7-3-1-2-6(4-7)17(18)19/h1-5H,(H3,12,13,14,15,16). The summed E-state index contributed by atoms with van der Waals surface area (Å²) in [7, 11) is 0. The summed E-state index contributed by atoms with van der Waals surface area (Å²) in [6.07, 6.45) is 1.43. The van der Waals surface area contributed by atoms with Crippen LogP contribution in [0.1, 0.15) is 0 Å². The van der Waals surface area contributed by atoms with Gasteiger partial charge in [0.1, 0.15) is 11.3 Å². The van der Waals surface area contributed by atoms with Gasteiger partial charge in [0, 0.05) is 6.07 Å². The largest absolute Gasteiger partial charge is 0.437 e. The van der Waals surface area contributed by atoms with Crippen molar-refractivity contribution < 1.29 is 9.66 Å². The third kappa shape index (κ3) is 2.07. The summed E-state index contributed by atoms with van der Waals surface area (Å²) in [5.41, 5.74) is 6.30. The number of nitrogens with zero attached hydrogens (tertiary/aromatic N) is 4. The van der Waals surface area contributed by atoms with E-state index in [2.05, 4.69) is 19.9 Å².